The van der Waals surface area contributed by atoms with Gasteiger partial charge in [0.2, 0.25) is 5.91 Å². The van der Waals surface area contributed by atoms with Crippen molar-refractivity contribution < 1.29 is 33.6 Å². The molecule has 216 valence electrons. The minimum Gasteiger partial charge on any atom is -0.456 e. The number of non-ortho nitro benzene ring substituents is 1. The van der Waals surface area contributed by atoms with E-state index in [0.29, 0.717) is 11.1 Å². The SMILES string of the molecule is CC(C)(C)OC(=O)NC(C(=O)NC1C(=O)N2C(C(=O)OCc3ccc([N+](=O)[O-])cc3)=C(Cl)CS[C@@H]12)c1ccccc1. The first-order valence-electron chi connectivity index (χ1n) is 12.4. The van der Waals surface area contributed by atoms with Gasteiger partial charge in [-0.3, -0.25) is 24.6 Å². The first kappa shape index (κ1) is 29.9. The van der Waals surface area contributed by atoms with Crippen LogP contribution in [-0.4, -0.2) is 56.5 Å². The normalized spacial score (nSPS) is 18.9. The predicted octanol–water partition coefficient (Wildman–Crippen LogP) is 3.75. The van der Waals surface area contributed by atoms with Crippen molar-refractivity contribution in [2.24, 2.45) is 0 Å². The quantitative estimate of drug-likeness (QED) is 0.199. The molecule has 2 aliphatic heterocycles. The first-order chi connectivity index (χ1) is 19.4. The van der Waals surface area contributed by atoms with E-state index in [1.165, 1.54) is 40.9 Å². The number of nitrogens with one attached hydrogen (secondary N) is 2. The van der Waals surface area contributed by atoms with Gasteiger partial charge in [-0.25, -0.2) is 9.59 Å². The van der Waals surface area contributed by atoms with Crippen LogP contribution in [0, 0.1) is 10.1 Å². The van der Waals surface area contributed by atoms with Crippen molar-refractivity contribution in [1.29, 1.82) is 0 Å². The standard InChI is InChI=1S/C27H27ClN4O8S/c1-27(2,3)40-26(36)30-19(16-7-5-4-6-8-16)22(33)29-20-23(34)31-21(18(28)14-41-24(20)31)25(35)39-13-15-9-11-17(12-10-15)32(37)38/h4-12,19-20,24H,13-14H2,1-3H3,(H,29,33)(H,30,36)/t19?,20?,24-/m0/s1. The molecule has 1 saturated heterocycles. The van der Waals surface area contributed by atoms with Crippen molar-refractivity contribution in [3.63, 3.8) is 0 Å². The number of carbonyl (C=O) groups excluding carboxylic acids is 4. The molecule has 2 aliphatic rings. The molecule has 2 N–H and O–H groups in total. The molecular weight excluding hydrogens is 576 g/mol. The maximum absolute atomic E-state index is 13.3. The Morgan fingerprint density at radius 1 is 1.15 bits per heavy atom. The molecule has 12 nitrogen and oxygen atoms in total. The molecule has 2 heterocycles. The number of alkyl carbamates (subject to hydrolysis) is 1. The van der Waals surface area contributed by atoms with Crippen LogP contribution >= 0.6 is 23.4 Å². The van der Waals surface area contributed by atoms with Gasteiger partial charge in [-0.05, 0) is 44.0 Å². The molecule has 41 heavy (non-hydrogen) atoms. The minimum absolute atomic E-state index is 0.104. The molecule has 3 amide bonds. The van der Waals surface area contributed by atoms with Gasteiger partial charge in [-0.2, -0.15) is 0 Å². The molecule has 2 aromatic carbocycles. The van der Waals surface area contributed by atoms with Gasteiger partial charge in [0.05, 0.1) is 9.96 Å². The van der Waals surface area contributed by atoms with Crippen molar-refractivity contribution >= 4 is 52.9 Å². The van der Waals surface area contributed by atoms with Gasteiger partial charge in [0.25, 0.3) is 11.6 Å². The Morgan fingerprint density at radius 3 is 2.41 bits per heavy atom. The number of benzene rings is 2. The second-order valence-corrected chi connectivity index (χ2v) is 11.7. The Balaban J connectivity index is 1.43. The maximum Gasteiger partial charge on any atom is 0.408 e. The number of esters is 1. The third-order valence-corrected chi connectivity index (χ3v) is 7.74. The van der Waals surface area contributed by atoms with Crippen molar-refractivity contribution in [3.05, 3.63) is 86.6 Å². The van der Waals surface area contributed by atoms with Gasteiger partial charge >= 0.3 is 12.1 Å². The number of nitro benzene ring substituents is 1. The Hall–Kier alpha value is -4.10. The Labute approximate surface area is 244 Å². The zero-order chi connectivity index (χ0) is 29.9. The number of hydrogen-bond donors (Lipinski definition) is 2. The smallest absolute Gasteiger partial charge is 0.408 e. The second-order valence-electron chi connectivity index (χ2n) is 10.1. The molecule has 0 aromatic heterocycles. The lowest BCUT2D eigenvalue weighted by molar-refractivity contribution is -0.384. The third-order valence-electron chi connectivity index (χ3n) is 5.99. The summed E-state index contributed by atoms with van der Waals surface area (Å²) >= 11 is 7.57. The van der Waals surface area contributed by atoms with Gasteiger partial charge in [0, 0.05) is 17.9 Å². The van der Waals surface area contributed by atoms with E-state index in [0.717, 1.165) is 0 Å². The fourth-order valence-electron chi connectivity index (χ4n) is 4.11. The number of hydrogen-bond acceptors (Lipinski definition) is 9. The molecule has 4 rings (SSSR count). The highest BCUT2D eigenvalue weighted by Gasteiger charge is 2.54. The van der Waals surface area contributed by atoms with E-state index in [4.69, 9.17) is 21.1 Å². The van der Waals surface area contributed by atoms with Gasteiger partial charge in [0.15, 0.2) is 0 Å². The molecule has 2 unspecified atom stereocenters. The molecular formula is C27H27ClN4O8S. The summed E-state index contributed by atoms with van der Waals surface area (Å²) < 4.78 is 10.6. The van der Waals surface area contributed by atoms with Crippen LogP contribution in [0.5, 0.6) is 0 Å². The van der Waals surface area contributed by atoms with Crippen LogP contribution in [0.4, 0.5) is 10.5 Å². The lowest BCUT2D eigenvalue weighted by atomic mass is 10.0. The van der Waals surface area contributed by atoms with E-state index in [2.05, 4.69) is 10.6 Å². The van der Waals surface area contributed by atoms with Gasteiger partial charge in [0.1, 0.15) is 35.4 Å². The van der Waals surface area contributed by atoms with Gasteiger partial charge < -0.3 is 20.1 Å². The number of carbonyl (C=O) groups is 4. The summed E-state index contributed by atoms with van der Waals surface area (Å²) in [7, 11) is 0. The topological polar surface area (TPSA) is 157 Å². The maximum atomic E-state index is 13.3. The fraction of sp³-hybridized carbons (Fsp3) is 0.333. The summed E-state index contributed by atoms with van der Waals surface area (Å²) in [5.41, 5.74) is -0.0337. The van der Waals surface area contributed by atoms with Crippen LogP contribution in [0.3, 0.4) is 0 Å². The van der Waals surface area contributed by atoms with E-state index >= 15 is 0 Å². The molecule has 0 saturated carbocycles. The summed E-state index contributed by atoms with van der Waals surface area (Å²) in [4.78, 5) is 63.4. The van der Waals surface area contributed by atoms with E-state index in [-0.39, 0.29) is 28.8 Å². The zero-order valence-electron chi connectivity index (χ0n) is 22.3. The van der Waals surface area contributed by atoms with Crippen LogP contribution < -0.4 is 10.6 Å². The van der Waals surface area contributed by atoms with Gasteiger partial charge in [-0.1, -0.05) is 41.9 Å². The molecule has 3 atom stereocenters. The summed E-state index contributed by atoms with van der Waals surface area (Å²) in [6.07, 6.45) is -0.803. The molecule has 0 spiro atoms. The number of amides is 3. The molecule has 14 heteroatoms. The van der Waals surface area contributed by atoms with Crippen LogP contribution in [0.25, 0.3) is 0 Å². The van der Waals surface area contributed by atoms with E-state index in [1.807, 2.05) is 0 Å². The Morgan fingerprint density at radius 2 is 1.80 bits per heavy atom. The Bertz CT molecular complexity index is 1390. The lowest BCUT2D eigenvalue weighted by Gasteiger charge is -2.49. The van der Waals surface area contributed by atoms with Crippen LogP contribution in [0.2, 0.25) is 0 Å². The van der Waals surface area contributed by atoms with Gasteiger partial charge in [-0.15, -0.1) is 11.8 Å². The highest BCUT2D eigenvalue weighted by molar-refractivity contribution is 8.00. The number of nitro groups is 1. The average Bonchev–Trinajstić information content (AvgIpc) is 2.92. The van der Waals surface area contributed by atoms with Crippen molar-refractivity contribution in [2.75, 3.05) is 5.75 Å². The number of fused-ring (bicyclic) bond motifs is 1. The minimum atomic E-state index is -1.15. The zero-order valence-corrected chi connectivity index (χ0v) is 23.9. The summed E-state index contributed by atoms with van der Waals surface area (Å²) in [6.45, 7) is 4.89. The number of thioether (sulfide) groups is 1. The Kier molecular flexibility index (Phi) is 8.88. The molecule has 0 radical (unpaired) electrons. The summed E-state index contributed by atoms with van der Waals surface area (Å²) in [6, 6.07) is 11.8. The van der Waals surface area contributed by atoms with Crippen LogP contribution in [0.1, 0.15) is 37.9 Å². The van der Waals surface area contributed by atoms with Crippen molar-refractivity contribution in [2.45, 2.75) is 50.4 Å². The predicted molar refractivity (Wildman–Crippen MR) is 149 cm³/mol. The fourth-order valence-corrected chi connectivity index (χ4v) is 5.66. The molecule has 0 bridgehead atoms. The molecule has 1 fully saturated rings. The van der Waals surface area contributed by atoms with E-state index in [1.54, 1.807) is 51.1 Å². The van der Waals surface area contributed by atoms with Crippen LogP contribution in [0.15, 0.2) is 65.3 Å². The molecule has 0 aliphatic carbocycles. The average molecular weight is 603 g/mol. The monoisotopic (exact) mass is 602 g/mol. The van der Waals surface area contributed by atoms with E-state index < -0.39 is 51.9 Å². The highest BCUT2D eigenvalue weighted by Crippen LogP contribution is 2.42. The number of β-lactam (4-membered cyclic amide) rings is 1. The number of rotatable bonds is 8. The number of halogens is 1. The third kappa shape index (κ3) is 6.98. The largest absolute Gasteiger partial charge is 0.456 e. The lowest BCUT2D eigenvalue weighted by Crippen LogP contribution is -2.71. The summed E-state index contributed by atoms with van der Waals surface area (Å²) in [5.74, 6) is -1.85. The van der Waals surface area contributed by atoms with Crippen molar-refractivity contribution in [3.8, 4) is 0 Å². The second kappa shape index (κ2) is 12.2. The van der Waals surface area contributed by atoms with E-state index in [9.17, 15) is 29.3 Å². The number of ether oxygens (including phenoxy) is 2. The summed E-state index contributed by atoms with van der Waals surface area (Å²) in [5, 5.41) is 15.6. The first-order valence-corrected chi connectivity index (χ1v) is 13.9. The van der Waals surface area contributed by atoms with Crippen LogP contribution in [-0.2, 0) is 30.5 Å². The highest BCUT2D eigenvalue weighted by atomic mass is 35.5. The number of nitrogens with zero attached hydrogens (tertiary/aromatic N) is 2. The van der Waals surface area contributed by atoms with Crippen molar-refractivity contribution in [1.82, 2.24) is 15.5 Å². The molecule has 2 aromatic rings.